The highest BCUT2D eigenvalue weighted by molar-refractivity contribution is 5.65. The van der Waals surface area contributed by atoms with Gasteiger partial charge in [-0.25, -0.2) is 4.98 Å². The first-order chi connectivity index (χ1) is 11.8. The third kappa shape index (κ3) is 2.51. The zero-order chi connectivity index (χ0) is 16.5. The van der Waals surface area contributed by atoms with E-state index >= 15 is 0 Å². The van der Waals surface area contributed by atoms with E-state index in [0.29, 0.717) is 19.0 Å². The van der Waals surface area contributed by atoms with Gasteiger partial charge in [0.05, 0.1) is 0 Å². The van der Waals surface area contributed by atoms with Crippen LogP contribution in [0.5, 0.6) is 11.5 Å². The number of fused-ring (bicyclic) bond motifs is 2. The van der Waals surface area contributed by atoms with Crippen molar-refractivity contribution in [1.29, 1.82) is 0 Å². The zero-order valence-electron chi connectivity index (χ0n) is 13.7. The van der Waals surface area contributed by atoms with E-state index < -0.39 is 0 Å². The molecule has 0 saturated heterocycles. The summed E-state index contributed by atoms with van der Waals surface area (Å²) in [5.74, 6) is 3.02. The number of anilines is 2. The number of nitrogens with one attached hydrogen (secondary N) is 1. The fourth-order valence-electron chi connectivity index (χ4n) is 2.92. The fraction of sp³-hybridized carbons (Fsp3) is 0.353. The Bertz CT molecular complexity index is 890. The molecule has 0 radical (unpaired) electrons. The minimum atomic E-state index is 0.569. The maximum atomic E-state index is 5.66. The molecule has 1 aromatic carbocycles. The summed E-state index contributed by atoms with van der Waals surface area (Å²) in [6, 6.07) is 5.84. The van der Waals surface area contributed by atoms with Gasteiger partial charge >= 0.3 is 0 Å². The third-order valence-corrected chi connectivity index (χ3v) is 4.04. The SMILES string of the molecule is CCCc1c(C)nc2ncnn2c1Nc1ccc2c(c1)OCCO2. The van der Waals surface area contributed by atoms with Gasteiger partial charge in [0.1, 0.15) is 25.4 Å². The highest BCUT2D eigenvalue weighted by Crippen LogP contribution is 2.34. The maximum absolute atomic E-state index is 5.66. The molecule has 124 valence electrons. The molecule has 0 bridgehead atoms. The lowest BCUT2D eigenvalue weighted by Gasteiger charge is -2.20. The monoisotopic (exact) mass is 325 g/mol. The molecule has 1 N–H and O–H groups in total. The van der Waals surface area contributed by atoms with Gasteiger partial charge in [0.25, 0.3) is 5.78 Å². The lowest BCUT2D eigenvalue weighted by atomic mass is 10.1. The molecule has 2 aromatic heterocycles. The molecule has 3 aromatic rings. The topological polar surface area (TPSA) is 73.6 Å². The van der Waals surface area contributed by atoms with Crippen LogP contribution in [0.4, 0.5) is 11.5 Å². The second-order valence-corrected chi connectivity index (χ2v) is 5.73. The molecular formula is C17H19N5O2. The summed E-state index contributed by atoms with van der Waals surface area (Å²) in [6.07, 6.45) is 3.46. The molecule has 7 heteroatoms. The van der Waals surface area contributed by atoms with E-state index in [0.717, 1.165) is 47.1 Å². The standard InChI is InChI=1S/C17H19N5O2/c1-3-4-13-11(2)20-17-18-10-19-22(17)16(13)21-12-5-6-14-15(9-12)24-8-7-23-14/h5-6,9-10,21H,3-4,7-8H2,1-2H3. The molecule has 7 nitrogen and oxygen atoms in total. The summed E-state index contributed by atoms with van der Waals surface area (Å²) in [7, 11) is 0. The summed E-state index contributed by atoms with van der Waals surface area (Å²) in [4.78, 5) is 8.74. The largest absolute Gasteiger partial charge is 0.486 e. The Hall–Kier alpha value is -2.83. The molecule has 0 aliphatic carbocycles. The number of aryl methyl sites for hydroxylation is 1. The summed E-state index contributed by atoms with van der Waals surface area (Å²) in [5, 5.41) is 7.77. The van der Waals surface area contributed by atoms with Crippen LogP contribution >= 0.6 is 0 Å². The van der Waals surface area contributed by atoms with E-state index in [1.807, 2.05) is 25.1 Å². The van der Waals surface area contributed by atoms with Crippen LogP contribution in [0.3, 0.4) is 0 Å². The molecule has 1 aliphatic heterocycles. The molecule has 0 atom stereocenters. The van der Waals surface area contributed by atoms with E-state index in [1.165, 1.54) is 6.33 Å². The zero-order valence-corrected chi connectivity index (χ0v) is 13.7. The van der Waals surface area contributed by atoms with Gasteiger partial charge in [0.15, 0.2) is 11.5 Å². The number of benzene rings is 1. The van der Waals surface area contributed by atoms with Crippen LogP contribution in [0, 0.1) is 6.92 Å². The summed E-state index contributed by atoms with van der Waals surface area (Å²) in [6.45, 7) is 5.32. The van der Waals surface area contributed by atoms with Gasteiger partial charge in [-0.3, -0.25) is 0 Å². The first-order valence-electron chi connectivity index (χ1n) is 8.12. The van der Waals surface area contributed by atoms with Crippen molar-refractivity contribution in [1.82, 2.24) is 19.6 Å². The second kappa shape index (κ2) is 5.99. The van der Waals surface area contributed by atoms with Crippen LogP contribution in [0.25, 0.3) is 5.78 Å². The first kappa shape index (κ1) is 14.7. The van der Waals surface area contributed by atoms with Crippen molar-refractivity contribution >= 4 is 17.3 Å². The van der Waals surface area contributed by atoms with E-state index in [1.54, 1.807) is 4.52 Å². The van der Waals surface area contributed by atoms with Crippen molar-refractivity contribution in [3.05, 3.63) is 35.8 Å². The van der Waals surface area contributed by atoms with Crippen LogP contribution in [0.2, 0.25) is 0 Å². The van der Waals surface area contributed by atoms with Gasteiger partial charge in [-0.15, -0.1) is 0 Å². The normalized spacial score (nSPS) is 13.2. The average Bonchev–Trinajstić information content (AvgIpc) is 3.06. The number of hydrogen-bond acceptors (Lipinski definition) is 6. The maximum Gasteiger partial charge on any atom is 0.254 e. The molecule has 24 heavy (non-hydrogen) atoms. The van der Waals surface area contributed by atoms with Crippen LogP contribution in [0.15, 0.2) is 24.5 Å². The van der Waals surface area contributed by atoms with E-state index in [2.05, 4.69) is 27.3 Å². The lowest BCUT2D eigenvalue weighted by molar-refractivity contribution is 0.171. The summed E-state index contributed by atoms with van der Waals surface area (Å²) < 4.78 is 13.0. The van der Waals surface area contributed by atoms with Crippen molar-refractivity contribution < 1.29 is 9.47 Å². The predicted molar refractivity (Wildman–Crippen MR) is 90.2 cm³/mol. The smallest absolute Gasteiger partial charge is 0.254 e. The van der Waals surface area contributed by atoms with Crippen LogP contribution in [-0.4, -0.2) is 32.8 Å². The summed E-state index contributed by atoms with van der Waals surface area (Å²) >= 11 is 0. The third-order valence-electron chi connectivity index (χ3n) is 4.04. The Morgan fingerprint density at radius 3 is 2.88 bits per heavy atom. The van der Waals surface area contributed by atoms with Crippen molar-refractivity contribution in [3.8, 4) is 11.5 Å². The Morgan fingerprint density at radius 1 is 1.21 bits per heavy atom. The number of ether oxygens (including phenoxy) is 2. The number of rotatable bonds is 4. The van der Waals surface area contributed by atoms with Crippen molar-refractivity contribution in [2.45, 2.75) is 26.7 Å². The lowest BCUT2D eigenvalue weighted by Crippen LogP contribution is -2.15. The molecule has 1 aliphatic rings. The molecule has 4 rings (SSSR count). The minimum Gasteiger partial charge on any atom is -0.486 e. The number of aromatic nitrogens is 4. The molecule has 0 saturated carbocycles. The van der Waals surface area contributed by atoms with E-state index in [9.17, 15) is 0 Å². The summed E-state index contributed by atoms with van der Waals surface area (Å²) in [5.41, 5.74) is 3.03. The quantitative estimate of drug-likeness (QED) is 0.795. The highest BCUT2D eigenvalue weighted by atomic mass is 16.6. The average molecular weight is 325 g/mol. The molecule has 0 amide bonds. The molecule has 0 unspecified atom stereocenters. The number of nitrogens with zero attached hydrogens (tertiary/aromatic N) is 4. The van der Waals surface area contributed by atoms with Crippen molar-refractivity contribution in [2.24, 2.45) is 0 Å². The van der Waals surface area contributed by atoms with Crippen LogP contribution < -0.4 is 14.8 Å². The van der Waals surface area contributed by atoms with E-state index in [4.69, 9.17) is 9.47 Å². The van der Waals surface area contributed by atoms with Gasteiger partial charge in [0.2, 0.25) is 0 Å². The fourth-order valence-corrected chi connectivity index (χ4v) is 2.92. The molecule has 0 fully saturated rings. The predicted octanol–water partition coefficient (Wildman–Crippen LogP) is 2.90. The first-order valence-corrected chi connectivity index (χ1v) is 8.12. The van der Waals surface area contributed by atoms with Gasteiger partial charge in [-0.1, -0.05) is 13.3 Å². The van der Waals surface area contributed by atoms with Gasteiger partial charge < -0.3 is 14.8 Å². The molecule has 3 heterocycles. The van der Waals surface area contributed by atoms with Crippen LogP contribution in [0.1, 0.15) is 24.6 Å². The van der Waals surface area contributed by atoms with Gasteiger partial charge in [0, 0.05) is 23.0 Å². The van der Waals surface area contributed by atoms with Gasteiger partial charge in [-0.05, 0) is 25.5 Å². The molecule has 0 spiro atoms. The Labute approximate surface area is 139 Å². The minimum absolute atomic E-state index is 0.569. The van der Waals surface area contributed by atoms with Crippen molar-refractivity contribution in [2.75, 3.05) is 18.5 Å². The van der Waals surface area contributed by atoms with Crippen molar-refractivity contribution in [3.63, 3.8) is 0 Å². The second-order valence-electron chi connectivity index (χ2n) is 5.73. The Morgan fingerprint density at radius 2 is 2.04 bits per heavy atom. The van der Waals surface area contributed by atoms with E-state index in [-0.39, 0.29) is 0 Å². The number of hydrogen-bond donors (Lipinski definition) is 1. The highest BCUT2D eigenvalue weighted by Gasteiger charge is 2.16. The van der Waals surface area contributed by atoms with Gasteiger partial charge in [-0.2, -0.15) is 14.6 Å². The molecular weight excluding hydrogens is 306 g/mol. The Kier molecular flexibility index (Phi) is 3.68. The Balaban J connectivity index is 1.78. The van der Waals surface area contributed by atoms with Crippen LogP contribution in [-0.2, 0) is 6.42 Å².